The van der Waals surface area contributed by atoms with Crippen molar-refractivity contribution in [3.05, 3.63) is 87.2 Å². The van der Waals surface area contributed by atoms with Crippen LogP contribution in [0.15, 0.2) is 70.3 Å². The number of H-pyrrole nitrogens is 1. The van der Waals surface area contributed by atoms with Crippen molar-refractivity contribution < 1.29 is 0 Å². The van der Waals surface area contributed by atoms with Crippen molar-refractivity contribution in [2.75, 3.05) is 0 Å². The molecule has 0 aliphatic carbocycles. The van der Waals surface area contributed by atoms with E-state index < -0.39 is 11.4 Å². The van der Waals surface area contributed by atoms with Gasteiger partial charge in [-0.1, -0.05) is 48.5 Å². The fourth-order valence-electron chi connectivity index (χ4n) is 2.13. The Bertz CT molecular complexity index is 819. The molecular formula is C15H14KN3O2. The van der Waals surface area contributed by atoms with Gasteiger partial charge in [-0.05, 0) is 17.7 Å². The summed E-state index contributed by atoms with van der Waals surface area (Å²) in [5.74, 6) is 0. The van der Waals surface area contributed by atoms with E-state index in [1.807, 2.05) is 48.5 Å². The predicted molar refractivity (Wildman–Crippen MR) is 83.3 cm³/mol. The third-order valence-corrected chi connectivity index (χ3v) is 3.06. The number of para-hydroxylation sites is 1. The van der Waals surface area contributed by atoms with Gasteiger partial charge in [-0.2, -0.15) is 4.68 Å². The van der Waals surface area contributed by atoms with Crippen molar-refractivity contribution in [3.63, 3.8) is 0 Å². The van der Waals surface area contributed by atoms with E-state index in [-0.39, 0.29) is 51.4 Å². The van der Waals surface area contributed by atoms with Crippen LogP contribution in [0.3, 0.4) is 0 Å². The predicted octanol–water partition coefficient (Wildman–Crippen LogP) is 0.727. The zero-order chi connectivity index (χ0) is 13.9. The van der Waals surface area contributed by atoms with Crippen LogP contribution in [-0.2, 0) is 6.54 Å². The van der Waals surface area contributed by atoms with Gasteiger partial charge in [-0.15, -0.1) is 0 Å². The van der Waals surface area contributed by atoms with Crippen LogP contribution < -0.4 is 11.4 Å². The van der Waals surface area contributed by atoms with Gasteiger partial charge in [0.15, 0.2) is 0 Å². The van der Waals surface area contributed by atoms with Crippen LogP contribution in [0.4, 0.5) is 0 Å². The molecule has 3 aromatic rings. The second-order valence-corrected chi connectivity index (χ2v) is 4.43. The van der Waals surface area contributed by atoms with Gasteiger partial charge in [0.2, 0.25) is 0 Å². The van der Waals surface area contributed by atoms with E-state index in [0.29, 0.717) is 12.2 Å². The van der Waals surface area contributed by atoms with Gasteiger partial charge in [0.25, 0.3) is 0 Å². The molecule has 0 aliphatic heterocycles. The Morgan fingerprint density at radius 1 is 0.810 bits per heavy atom. The molecule has 0 amide bonds. The fraction of sp³-hybridized carbons (Fsp3) is 0.0667. The Morgan fingerprint density at radius 2 is 1.38 bits per heavy atom. The number of aromatic amines is 1. The van der Waals surface area contributed by atoms with Crippen molar-refractivity contribution in [1.29, 1.82) is 0 Å². The molecule has 5 nitrogen and oxygen atoms in total. The molecular weight excluding hydrogens is 293 g/mol. The van der Waals surface area contributed by atoms with Crippen molar-refractivity contribution >= 4 is 51.4 Å². The zero-order valence-corrected chi connectivity index (χ0v) is 10.7. The van der Waals surface area contributed by atoms with E-state index in [9.17, 15) is 9.59 Å². The third-order valence-electron chi connectivity index (χ3n) is 3.06. The maximum atomic E-state index is 11.9. The molecule has 0 unspecified atom stereocenters. The molecule has 0 radical (unpaired) electrons. The van der Waals surface area contributed by atoms with Crippen molar-refractivity contribution in [3.8, 4) is 5.69 Å². The van der Waals surface area contributed by atoms with Crippen LogP contribution in [0.25, 0.3) is 5.69 Å². The van der Waals surface area contributed by atoms with Gasteiger partial charge < -0.3 is 0 Å². The van der Waals surface area contributed by atoms with Crippen LogP contribution >= 0.6 is 0 Å². The minimum absolute atomic E-state index is 0. The Labute approximate surface area is 163 Å². The fourth-order valence-corrected chi connectivity index (χ4v) is 2.13. The van der Waals surface area contributed by atoms with E-state index in [1.165, 1.54) is 9.36 Å². The molecule has 2 aromatic carbocycles. The van der Waals surface area contributed by atoms with E-state index in [1.54, 1.807) is 12.1 Å². The Balaban J connectivity index is 0.00000161. The van der Waals surface area contributed by atoms with E-state index >= 15 is 0 Å². The minimum atomic E-state index is -0.433. The molecule has 21 heavy (non-hydrogen) atoms. The first-order chi connectivity index (χ1) is 9.75. The second-order valence-electron chi connectivity index (χ2n) is 4.43. The normalized spacial score (nSPS) is 10.1. The quantitative estimate of drug-likeness (QED) is 0.725. The molecule has 6 heteroatoms. The van der Waals surface area contributed by atoms with E-state index in [2.05, 4.69) is 4.98 Å². The summed E-state index contributed by atoms with van der Waals surface area (Å²) >= 11 is 0. The summed E-state index contributed by atoms with van der Waals surface area (Å²) in [7, 11) is 0. The first kappa shape index (κ1) is 16.2. The van der Waals surface area contributed by atoms with Crippen LogP contribution in [0, 0.1) is 0 Å². The third kappa shape index (κ3) is 3.53. The number of rotatable bonds is 3. The van der Waals surface area contributed by atoms with Gasteiger partial charge in [0.1, 0.15) is 0 Å². The summed E-state index contributed by atoms with van der Waals surface area (Å²) in [5.41, 5.74) is 0.768. The van der Waals surface area contributed by atoms with E-state index in [4.69, 9.17) is 0 Å². The molecule has 0 saturated carbocycles. The standard InChI is InChI=1S/C15H13N3O2.K.H/c19-14-16-15(20)18(13-9-5-2-6-10-13)17(14)11-12-7-3-1-4-8-12;;/h1-10H,11H2,(H,16,19,20);;. The SMILES string of the molecule is O=c1[nH]c(=O)n(-c2ccccc2)n1Cc1ccccc1.[KH]. The van der Waals surface area contributed by atoms with Crippen molar-refractivity contribution in [1.82, 2.24) is 14.3 Å². The van der Waals surface area contributed by atoms with Gasteiger partial charge in [0.05, 0.1) is 12.2 Å². The maximum absolute atomic E-state index is 11.9. The molecule has 1 heterocycles. The summed E-state index contributed by atoms with van der Waals surface area (Å²) in [6, 6.07) is 18.6. The van der Waals surface area contributed by atoms with E-state index in [0.717, 1.165) is 5.56 Å². The van der Waals surface area contributed by atoms with Gasteiger partial charge in [-0.25, -0.2) is 14.3 Å². The average Bonchev–Trinajstić information content (AvgIpc) is 2.75. The molecule has 3 rings (SSSR count). The first-order valence-electron chi connectivity index (χ1n) is 6.27. The number of benzene rings is 2. The number of hydrogen-bond donors (Lipinski definition) is 1. The molecule has 0 fully saturated rings. The molecule has 0 atom stereocenters. The van der Waals surface area contributed by atoms with Crippen LogP contribution in [-0.4, -0.2) is 65.7 Å². The van der Waals surface area contributed by atoms with Gasteiger partial charge in [-0.3, -0.25) is 4.98 Å². The zero-order valence-electron chi connectivity index (χ0n) is 10.7. The number of aromatic nitrogens is 3. The van der Waals surface area contributed by atoms with Crippen molar-refractivity contribution in [2.24, 2.45) is 0 Å². The molecule has 0 saturated heterocycles. The van der Waals surface area contributed by atoms with Crippen molar-refractivity contribution in [2.45, 2.75) is 6.54 Å². The topological polar surface area (TPSA) is 59.8 Å². The van der Waals surface area contributed by atoms with Crippen LogP contribution in [0.1, 0.15) is 5.56 Å². The van der Waals surface area contributed by atoms with Crippen LogP contribution in [0.2, 0.25) is 0 Å². The number of nitrogens with zero attached hydrogens (tertiary/aromatic N) is 2. The number of hydrogen-bond acceptors (Lipinski definition) is 2. The van der Waals surface area contributed by atoms with Gasteiger partial charge in [0, 0.05) is 0 Å². The first-order valence-corrected chi connectivity index (χ1v) is 6.27. The molecule has 102 valence electrons. The summed E-state index contributed by atoms with van der Waals surface area (Å²) in [6.45, 7) is 0.341. The Hall–Kier alpha value is -1.18. The molecule has 0 spiro atoms. The van der Waals surface area contributed by atoms with Crippen LogP contribution in [0.5, 0.6) is 0 Å². The number of nitrogens with one attached hydrogen (secondary N) is 1. The molecule has 0 aliphatic rings. The Kier molecular flexibility index (Phi) is 5.55. The summed E-state index contributed by atoms with van der Waals surface area (Å²) in [6.07, 6.45) is 0. The molecule has 1 N–H and O–H groups in total. The summed E-state index contributed by atoms with van der Waals surface area (Å²) in [4.78, 5) is 26.2. The average molecular weight is 307 g/mol. The summed E-state index contributed by atoms with van der Waals surface area (Å²) in [5, 5.41) is 0. The second kappa shape index (κ2) is 7.19. The Morgan fingerprint density at radius 3 is 2.00 bits per heavy atom. The molecule has 1 aromatic heterocycles. The summed E-state index contributed by atoms with van der Waals surface area (Å²) < 4.78 is 2.75. The van der Waals surface area contributed by atoms with Gasteiger partial charge >= 0.3 is 62.8 Å². The monoisotopic (exact) mass is 307 g/mol. The molecule has 0 bridgehead atoms.